The molecule has 0 spiro atoms. The number of thioether (sulfide) groups is 1. The van der Waals surface area contributed by atoms with E-state index in [0.29, 0.717) is 25.4 Å². The van der Waals surface area contributed by atoms with Gasteiger partial charge in [-0.1, -0.05) is 48.2 Å². The average molecular weight is 483 g/mol. The highest BCUT2D eigenvalue weighted by atomic mass is 32.2. The molecule has 1 N–H and O–H groups in total. The molecule has 1 fully saturated rings. The fourth-order valence-electron chi connectivity index (χ4n) is 4.19. The molecule has 1 aromatic heterocycles. The first-order chi connectivity index (χ1) is 16.5. The third-order valence-electron chi connectivity index (χ3n) is 6.06. The quantitative estimate of drug-likeness (QED) is 0.394. The number of para-hydroxylation sites is 1. The molecule has 1 atom stereocenters. The van der Waals surface area contributed by atoms with E-state index < -0.39 is 0 Å². The summed E-state index contributed by atoms with van der Waals surface area (Å²) in [5, 5.41) is 20.6. The van der Waals surface area contributed by atoms with Gasteiger partial charge < -0.3 is 19.1 Å². The van der Waals surface area contributed by atoms with Gasteiger partial charge in [0.15, 0.2) is 16.7 Å². The Kier molecular flexibility index (Phi) is 8.48. The molecule has 34 heavy (non-hydrogen) atoms. The molecule has 7 nitrogen and oxygen atoms in total. The lowest BCUT2D eigenvalue weighted by molar-refractivity contribution is 0.0934. The number of ether oxygens (including phenoxy) is 2. The predicted molar refractivity (Wildman–Crippen MR) is 134 cm³/mol. The fourth-order valence-corrected chi connectivity index (χ4v) is 5.23. The van der Waals surface area contributed by atoms with E-state index in [9.17, 15) is 5.11 Å². The number of phenolic OH excluding ortho intramolecular Hbond substituents is 1. The van der Waals surface area contributed by atoms with Crippen molar-refractivity contribution in [1.82, 2.24) is 19.7 Å². The monoisotopic (exact) mass is 482 g/mol. The number of hydrogen-bond acceptors (Lipinski definition) is 7. The minimum Gasteiger partial charge on any atom is -0.504 e. The van der Waals surface area contributed by atoms with Crippen molar-refractivity contribution >= 4 is 11.8 Å². The van der Waals surface area contributed by atoms with Crippen LogP contribution in [0.4, 0.5) is 0 Å². The van der Waals surface area contributed by atoms with E-state index >= 15 is 0 Å². The summed E-state index contributed by atoms with van der Waals surface area (Å²) < 4.78 is 13.7. The van der Waals surface area contributed by atoms with E-state index in [-0.39, 0.29) is 11.9 Å². The maximum absolute atomic E-state index is 10.6. The molecule has 0 radical (unpaired) electrons. The summed E-state index contributed by atoms with van der Waals surface area (Å²) in [4.78, 5) is 2.14. The van der Waals surface area contributed by atoms with Crippen molar-refractivity contribution in [3.8, 4) is 11.5 Å². The van der Waals surface area contributed by atoms with E-state index in [1.54, 1.807) is 17.8 Å². The van der Waals surface area contributed by atoms with Crippen molar-refractivity contribution in [3.05, 3.63) is 65.0 Å². The van der Waals surface area contributed by atoms with Gasteiger partial charge in [-0.25, -0.2) is 0 Å². The van der Waals surface area contributed by atoms with Crippen LogP contribution in [0, 0.1) is 6.92 Å². The molecule has 1 aliphatic heterocycles. The van der Waals surface area contributed by atoms with Crippen molar-refractivity contribution in [3.63, 3.8) is 0 Å². The van der Waals surface area contributed by atoms with Gasteiger partial charge in [0, 0.05) is 24.5 Å². The van der Waals surface area contributed by atoms with Gasteiger partial charge in [-0.3, -0.25) is 4.90 Å². The van der Waals surface area contributed by atoms with Crippen molar-refractivity contribution in [2.24, 2.45) is 0 Å². The summed E-state index contributed by atoms with van der Waals surface area (Å²) in [6.07, 6.45) is 2.36. The van der Waals surface area contributed by atoms with Gasteiger partial charge in [-0.15, -0.1) is 10.2 Å². The summed E-state index contributed by atoms with van der Waals surface area (Å²) in [5.41, 5.74) is 3.42. The maximum atomic E-state index is 10.6. The molecule has 0 saturated carbocycles. The number of aromatic hydroxyl groups is 1. The summed E-state index contributed by atoms with van der Waals surface area (Å²) in [5.74, 6) is 2.48. The van der Waals surface area contributed by atoms with Crippen molar-refractivity contribution < 1.29 is 14.6 Å². The van der Waals surface area contributed by atoms with Crippen molar-refractivity contribution in [1.29, 1.82) is 0 Å². The molecule has 0 aliphatic carbocycles. The van der Waals surface area contributed by atoms with E-state index in [0.717, 1.165) is 48.3 Å². The van der Waals surface area contributed by atoms with Crippen LogP contribution in [0.5, 0.6) is 11.5 Å². The molecule has 182 valence electrons. The van der Waals surface area contributed by atoms with E-state index in [1.165, 1.54) is 11.1 Å². The topological polar surface area (TPSA) is 72.6 Å². The van der Waals surface area contributed by atoms with Crippen LogP contribution in [0.2, 0.25) is 0 Å². The first kappa shape index (κ1) is 24.6. The molecule has 1 saturated heterocycles. The van der Waals surface area contributed by atoms with Gasteiger partial charge in [-0.05, 0) is 50.9 Å². The second-order valence-electron chi connectivity index (χ2n) is 8.73. The van der Waals surface area contributed by atoms with E-state index in [4.69, 9.17) is 9.47 Å². The first-order valence-corrected chi connectivity index (χ1v) is 12.9. The summed E-state index contributed by atoms with van der Waals surface area (Å²) in [6, 6.07) is 14.1. The highest BCUT2D eigenvalue weighted by Crippen LogP contribution is 2.31. The number of hydrogen-bond donors (Lipinski definition) is 1. The third-order valence-corrected chi connectivity index (χ3v) is 7.07. The number of phenols is 1. The lowest BCUT2D eigenvalue weighted by Crippen LogP contribution is -2.23. The van der Waals surface area contributed by atoms with E-state index in [1.807, 2.05) is 26.1 Å². The van der Waals surface area contributed by atoms with Crippen LogP contribution in [0.25, 0.3) is 0 Å². The number of nitrogens with zero attached hydrogens (tertiary/aromatic N) is 4. The number of rotatable bonds is 11. The van der Waals surface area contributed by atoms with Gasteiger partial charge in [0.1, 0.15) is 5.82 Å². The minimum atomic E-state index is 0.199. The van der Waals surface area contributed by atoms with Crippen LogP contribution in [0.3, 0.4) is 0 Å². The molecule has 2 heterocycles. The molecular formula is C26H34N4O3S. The predicted octanol–water partition coefficient (Wildman–Crippen LogP) is 4.79. The standard InChI is InChI=1S/C26H34N4O3S/c1-4-32-23-13-7-11-20(25(23)31)15-29(3)17-24-27-28-26(30(24)16-22-12-8-14-33-22)34-18-21-10-6-5-9-19(21)2/h5-7,9-11,13,22,31H,4,8,12,14-18H2,1-3H3/t22-/m0/s1. The van der Waals surface area contributed by atoms with Gasteiger partial charge >= 0.3 is 0 Å². The van der Waals surface area contributed by atoms with Crippen LogP contribution in [0.15, 0.2) is 47.6 Å². The highest BCUT2D eigenvalue weighted by molar-refractivity contribution is 7.98. The van der Waals surface area contributed by atoms with Crippen LogP contribution in [0.1, 0.15) is 42.3 Å². The molecule has 3 aromatic rings. The van der Waals surface area contributed by atoms with Crippen LogP contribution < -0.4 is 4.74 Å². The summed E-state index contributed by atoms with van der Waals surface area (Å²) >= 11 is 1.72. The SMILES string of the molecule is CCOc1cccc(CN(C)Cc2nnc(SCc3ccccc3C)n2C[C@@H]2CCCO2)c1O. The number of aromatic nitrogens is 3. The third kappa shape index (κ3) is 6.11. The lowest BCUT2D eigenvalue weighted by Gasteiger charge is -2.20. The van der Waals surface area contributed by atoms with Gasteiger partial charge in [0.25, 0.3) is 0 Å². The second-order valence-corrected chi connectivity index (χ2v) is 9.67. The molecule has 8 heteroatoms. The minimum absolute atomic E-state index is 0.199. The van der Waals surface area contributed by atoms with Crippen LogP contribution >= 0.6 is 11.8 Å². The Bertz CT molecular complexity index is 1080. The average Bonchev–Trinajstić information content (AvgIpc) is 3.47. The second kappa shape index (κ2) is 11.7. The Hall–Kier alpha value is -2.55. The Balaban J connectivity index is 1.49. The Morgan fingerprint density at radius 1 is 1.15 bits per heavy atom. The molecule has 1 aliphatic rings. The Morgan fingerprint density at radius 3 is 2.74 bits per heavy atom. The molecule has 2 aromatic carbocycles. The van der Waals surface area contributed by atoms with Crippen molar-refractivity contribution in [2.45, 2.75) is 63.3 Å². The zero-order chi connectivity index (χ0) is 23.9. The van der Waals surface area contributed by atoms with E-state index in [2.05, 4.69) is 50.9 Å². The molecular weight excluding hydrogens is 448 g/mol. The first-order valence-electron chi connectivity index (χ1n) is 11.9. The fraction of sp³-hybridized carbons (Fsp3) is 0.462. The largest absolute Gasteiger partial charge is 0.504 e. The van der Waals surface area contributed by atoms with Gasteiger partial charge in [0.2, 0.25) is 0 Å². The maximum Gasteiger partial charge on any atom is 0.191 e. The normalized spacial score (nSPS) is 15.8. The zero-order valence-corrected chi connectivity index (χ0v) is 21.1. The molecule has 0 bridgehead atoms. The Morgan fingerprint density at radius 2 is 1.97 bits per heavy atom. The Labute approximate surface area is 206 Å². The smallest absolute Gasteiger partial charge is 0.191 e. The molecule has 0 unspecified atom stereocenters. The van der Waals surface area contributed by atoms with Crippen LogP contribution in [-0.2, 0) is 30.1 Å². The lowest BCUT2D eigenvalue weighted by atomic mass is 10.1. The molecule has 0 amide bonds. The van der Waals surface area contributed by atoms with Crippen LogP contribution in [-0.4, -0.2) is 51.1 Å². The number of aryl methyl sites for hydroxylation is 1. The summed E-state index contributed by atoms with van der Waals surface area (Å²) in [7, 11) is 2.03. The number of benzene rings is 2. The van der Waals surface area contributed by atoms with Crippen molar-refractivity contribution in [2.75, 3.05) is 20.3 Å². The summed E-state index contributed by atoms with van der Waals surface area (Å²) in [6.45, 7) is 7.34. The zero-order valence-electron chi connectivity index (χ0n) is 20.2. The molecule has 4 rings (SSSR count). The van der Waals surface area contributed by atoms with Gasteiger partial charge in [0.05, 0.1) is 25.8 Å². The highest BCUT2D eigenvalue weighted by Gasteiger charge is 2.22. The van der Waals surface area contributed by atoms with Gasteiger partial charge in [-0.2, -0.15) is 0 Å².